The third-order valence-electron chi connectivity index (χ3n) is 4.52. The fraction of sp³-hybridized carbons (Fsp3) is 0.471. The predicted octanol–water partition coefficient (Wildman–Crippen LogP) is 2.97. The van der Waals surface area contributed by atoms with E-state index in [9.17, 15) is 0 Å². The van der Waals surface area contributed by atoms with E-state index in [2.05, 4.69) is 45.0 Å². The fourth-order valence-electron chi connectivity index (χ4n) is 3.07. The zero-order valence-electron chi connectivity index (χ0n) is 14.0. The first-order chi connectivity index (χ1) is 11.7. The van der Waals surface area contributed by atoms with Crippen molar-refractivity contribution in [2.75, 3.05) is 11.9 Å². The van der Waals surface area contributed by atoms with E-state index in [0.717, 1.165) is 41.6 Å². The predicted molar refractivity (Wildman–Crippen MR) is 97.6 cm³/mol. The summed E-state index contributed by atoms with van der Waals surface area (Å²) >= 11 is 1.73. The van der Waals surface area contributed by atoms with E-state index < -0.39 is 0 Å². The van der Waals surface area contributed by atoms with Gasteiger partial charge in [-0.3, -0.25) is 9.38 Å². The Balaban J connectivity index is 1.58. The summed E-state index contributed by atoms with van der Waals surface area (Å²) in [6.07, 6.45) is 11.0. The minimum Gasteiger partial charge on any atom is -0.365 e. The number of hydrogen-bond acceptors (Lipinski definition) is 6. The van der Waals surface area contributed by atoms with Crippen LogP contribution >= 0.6 is 11.3 Å². The normalized spacial score (nSPS) is 21.2. The number of imidazole rings is 1. The van der Waals surface area contributed by atoms with Crippen molar-refractivity contribution in [3.63, 3.8) is 0 Å². The lowest BCUT2D eigenvalue weighted by atomic mass is 10.0. The van der Waals surface area contributed by atoms with Crippen molar-refractivity contribution in [3.8, 4) is 11.4 Å². The number of rotatable bonds is 4. The van der Waals surface area contributed by atoms with Crippen molar-refractivity contribution in [3.05, 3.63) is 29.7 Å². The average Bonchev–Trinajstić information content (AvgIpc) is 3.17. The van der Waals surface area contributed by atoms with Gasteiger partial charge >= 0.3 is 0 Å². The molecule has 0 radical (unpaired) electrons. The van der Waals surface area contributed by atoms with Crippen molar-refractivity contribution in [2.24, 2.45) is 0 Å². The van der Waals surface area contributed by atoms with Crippen molar-refractivity contribution in [1.82, 2.24) is 24.7 Å². The third kappa shape index (κ3) is 3.01. The van der Waals surface area contributed by atoms with Gasteiger partial charge in [0.1, 0.15) is 11.5 Å². The number of anilines is 1. The van der Waals surface area contributed by atoms with Gasteiger partial charge in [0.2, 0.25) is 0 Å². The molecule has 0 aromatic carbocycles. The van der Waals surface area contributed by atoms with Crippen molar-refractivity contribution < 1.29 is 0 Å². The molecule has 1 aliphatic heterocycles. The summed E-state index contributed by atoms with van der Waals surface area (Å²) in [5, 5.41) is 7.01. The van der Waals surface area contributed by atoms with Crippen molar-refractivity contribution >= 4 is 22.1 Å². The summed E-state index contributed by atoms with van der Waals surface area (Å²) < 4.78 is 2.11. The highest BCUT2D eigenvalue weighted by atomic mass is 32.1. The van der Waals surface area contributed by atoms with E-state index in [1.165, 1.54) is 11.3 Å². The second kappa shape index (κ2) is 6.49. The second-order valence-corrected chi connectivity index (χ2v) is 7.46. The summed E-state index contributed by atoms with van der Waals surface area (Å²) in [7, 11) is 0. The molecule has 0 amide bonds. The molecule has 1 saturated heterocycles. The van der Waals surface area contributed by atoms with Crippen LogP contribution in [0.1, 0.15) is 31.6 Å². The van der Waals surface area contributed by atoms with E-state index in [0.29, 0.717) is 12.1 Å². The lowest BCUT2D eigenvalue weighted by Crippen LogP contribution is -2.43. The second-order valence-electron chi connectivity index (χ2n) is 6.36. The van der Waals surface area contributed by atoms with Crippen LogP contribution in [0.3, 0.4) is 0 Å². The van der Waals surface area contributed by atoms with E-state index in [1.54, 1.807) is 23.7 Å². The van der Waals surface area contributed by atoms with E-state index in [-0.39, 0.29) is 0 Å². The van der Waals surface area contributed by atoms with Crippen LogP contribution in [0.15, 0.2) is 24.8 Å². The van der Waals surface area contributed by atoms with Gasteiger partial charge in [-0.05, 0) is 26.2 Å². The lowest BCUT2D eigenvalue weighted by Gasteiger charge is -2.28. The molecule has 6 nitrogen and oxygen atoms in total. The Labute approximate surface area is 145 Å². The molecular formula is C17H22N6S. The number of fused-ring (bicyclic) bond motifs is 1. The molecule has 1 aliphatic rings. The van der Waals surface area contributed by atoms with Crippen LogP contribution in [-0.4, -0.2) is 38.0 Å². The van der Waals surface area contributed by atoms with Crippen molar-refractivity contribution in [1.29, 1.82) is 0 Å². The molecule has 2 atom stereocenters. The van der Waals surface area contributed by atoms with Gasteiger partial charge in [-0.2, -0.15) is 0 Å². The first kappa shape index (κ1) is 15.5. The minimum absolute atomic E-state index is 0.407. The molecule has 0 bridgehead atoms. The Morgan fingerprint density at radius 2 is 2.25 bits per heavy atom. The first-order valence-corrected chi connectivity index (χ1v) is 9.32. The number of thiazole rings is 1. The number of aromatic nitrogens is 4. The van der Waals surface area contributed by atoms with Crippen LogP contribution in [0.25, 0.3) is 16.3 Å². The van der Waals surface area contributed by atoms with E-state index >= 15 is 0 Å². The molecule has 1 fully saturated rings. The van der Waals surface area contributed by atoms with Gasteiger partial charge in [0, 0.05) is 29.7 Å². The maximum absolute atomic E-state index is 4.76. The van der Waals surface area contributed by atoms with Crippen LogP contribution in [0.2, 0.25) is 0 Å². The SMILES string of the molecule is CCc1cn2c(-c3cncc(NC4CCC(C)NC4)n3)cnc2s1. The maximum atomic E-state index is 4.76. The highest BCUT2D eigenvalue weighted by molar-refractivity contribution is 7.17. The summed E-state index contributed by atoms with van der Waals surface area (Å²) in [5.41, 5.74) is 1.84. The Hall–Kier alpha value is -1.99. The zero-order chi connectivity index (χ0) is 16.5. The van der Waals surface area contributed by atoms with Crippen LogP contribution in [0, 0.1) is 0 Å². The molecule has 3 aromatic heterocycles. The zero-order valence-corrected chi connectivity index (χ0v) is 14.8. The minimum atomic E-state index is 0.407. The Bertz CT molecular complexity index is 831. The first-order valence-electron chi connectivity index (χ1n) is 8.51. The largest absolute Gasteiger partial charge is 0.365 e. The van der Waals surface area contributed by atoms with E-state index in [4.69, 9.17) is 4.98 Å². The summed E-state index contributed by atoms with van der Waals surface area (Å²) in [6.45, 7) is 5.36. The van der Waals surface area contributed by atoms with Gasteiger partial charge in [0.15, 0.2) is 4.96 Å². The number of hydrogen-bond donors (Lipinski definition) is 2. The molecule has 126 valence electrons. The molecule has 0 spiro atoms. The molecule has 24 heavy (non-hydrogen) atoms. The fourth-order valence-corrected chi connectivity index (χ4v) is 3.97. The molecule has 2 N–H and O–H groups in total. The molecule has 3 aromatic rings. The number of nitrogens with zero attached hydrogens (tertiary/aromatic N) is 4. The average molecular weight is 342 g/mol. The van der Waals surface area contributed by atoms with Gasteiger partial charge in [-0.1, -0.05) is 6.92 Å². The van der Waals surface area contributed by atoms with Crippen LogP contribution in [0.4, 0.5) is 5.82 Å². The molecule has 7 heteroatoms. The van der Waals surface area contributed by atoms with Gasteiger partial charge in [0.25, 0.3) is 0 Å². The standard InChI is InChI=1S/C17H22N6S/c1-3-13-10-23-15(8-20-17(23)24-13)14-7-18-9-16(22-14)21-12-5-4-11(2)19-6-12/h7-12,19H,3-6H2,1-2H3,(H,21,22). The Morgan fingerprint density at radius 3 is 3.04 bits per heavy atom. The van der Waals surface area contributed by atoms with Gasteiger partial charge in [0.05, 0.1) is 24.3 Å². The summed E-state index contributed by atoms with van der Waals surface area (Å²) in [6, 6.07) is 1.01. The summed E-state index contributed by atoms with van der Waals surface area (Å²) in [4.78, 5) is 16.0. The van der Waals surface area contributed by atoms with Crippen LogP contribution < -0.4 is 10.6 Å². The molecule has 0 saturated carbocycles. The molecule has 4 heterocycles. The number of nitrogens with one attached hydrogen (secondary N) is 2. The van der Waals surface area contributed by atoms with Gasteiger partial charge < -0.3 is 10.6 Å². The molecular weight excluding hydrogens is 320 g/mol. The molecule has 0 aliphatic carbocycles. The maximum Gasteiger partial charge on any atom is 0.194 e. The smallest absolute Gasteiger partial charge is 0.194 e. The van der Waals surface area contributed by atoms with Crippen molar-refractivity contribution in [2.45, 2.75) is 45.2 Å². The lowest BCUT2D eigenvalue weighted by molar-refractivity contribution is 0.398. The highest BCUT2D eigenvalue weighted by Crippen LogP contribution is 2.25. The Morgan fingerprint density at radius 1 is 1.33 bits per heavy atom. The Kier molecular flexibility index (Phi) is 4.20. The third-order valence-corrected chi connectivity index (χ3v) is 5.66. The quantitative estimate of drug-likeness (QED) is 0.763. The van der Waals surface area contributed by atoms with Gasteiger partial charge in [-0.15, -0.1) is 11.3 Å². The summed E-state index contributed by atoms with van der Waals surface area (Å²) in [5.74, 6) is 0.828. The van der Waals surface area contributed by atoms with E-state index in [1.807, 2.05) is 6.20 Å². The van der Waals surface area contributed by atoms with Crippen LogP contribution in [-0.2, 0) is 6.42 Å². The number of aryl methyl sites for hydroxylation is 1. The molecule has 2 unspecified atom stereocenters. The topological polar surface area (TPSA) is 67.1 Å². The van der Waals surface area contributed by atoms with Gasteiger partial charge in [-0.25, -0.2) is 9.97 Å². The highest BCUT2D eigenvalue weighted by Gasteiger charge is 2.18. The molecule has 4 rings (SSSR count). The van der Waals surface area contributed by atoms with Crippen LogP contribution in [0.5, 0.6) is 0 Å². The monoisotopic (exact) mass is 342 g/mol. The number of piperidine rings is 1.